The fraction of sp³-hybridized carbons (Fsp3) is 0.500. The first-order chi connectivity index (χ1) is 8.97. The smallest absolute Gasteiger partial charge is 0.101 e. The molecule has 2 unspecified atom stereocenters. The van der Waals surface area contributed by atoms with Crippen LogP contribution in [0.5, 0.6) is 0 Å². The second kappa shape index (κ2) is 5.33. The first kappa shape index (κ1) is 14.1. The van der Waals surface area contributed by atoms with E-state index in [1.807, 2.05) is 18.4 Å². The number of allylic oxidation sites excluding steroid dienone is 4. The van der Waals surface area contributed by atoms with Crippen LogP contribution in [0.25, 0.3) is 0 Å². The summed E-state index contributed by atoms with van der Waals surface area (Å²) in [6.45, 7) is 9.02. The van der Waals surface area contributed by atoms with E-state index < -0.39 is 0 Å². The van der Waals surface area contributed by atoms with Crippen molar-refractivity contribution < 1.29 is 4.39 Å². The SMILES string of the molecule is C=CC(C)N(C)CCC1=CNC2=CC=C(F)CC12C. The summed E-state index contributed by atoms with van der Waals surface area (Å²) in [4.78, 5) is 2.26. The molecule has 19 heavy (non-hydrogen) atoms. The van der Waals surface area contributed by atoms with E-state index in [-0.39, 0.29) is 11.2 Å². The van der Waals surface area contributed by atoms with Gasteiger partial charge < -0.3 is 5.32 Å². The number of likely N-dealkylation sites (N-methyl/N-ethyl adjacent to an activating group) is 1. The van der Waals surface area contributed by atoms with Crippen molar-refractivity contribution in [2.45, 2.75) is 32.7 Å². The summed E-state index contributed by atoms with van der Waals surface area (Å²) < 4.78 is 13.6. The summed E-state index contributed by atoms with van der Waals surface area (Å²) in [6.07, 6.45) is 8.83. The van der Waals surface area contributed by atoms with Crippen LogP contribution < -0.4 is 5.32 Å². The highest BCUT2D eigenvalue weighted by molar-refractivity contribution is 5.41. The fourth-order valence-electron chi connectivity index (χ4n) is 2.70. The monoisotopic (exact) mass is 262 g/mol. The Kier molecular flexibility index (Phi) is 3.95. The molecule has 0 bridgehead atoms. The molecule has 0 aromatic rings. The minimum absolute atomic E-state index is 0.0336. The van der Waals surface area contributed by atoms with Gasteiger partial charge in [-0.1, -0.05) is 6.08 Å². The van der Waals surface area contributed by atoms with Gasteiger partial charge >= 0.3 is 0 Å². The second-order valence-corrected chi connectivity index (χ2v) is 5.72. The Balaban J connectivity index is 2.01. The second-order valence-electron chi connectivity index (χ2n) is 5.72. The maximum Gasteiger partial charge on any atom is 0.101 e. The van der Waals surface area contributed by atoms with Crippen LogP contribution in [0.4, 0.5) is 4.39 Å². The number of fused-ring (bicyclic) bond motifs is 1. The molecule has 0 aromatic heterocycles. The summed E-state index contributed by atoms with van der Waals surface area (Å²) in [5.74, 6) is -0.0336. The standard InChI is InChI=1S/C16H23FN2/c1-5-12(2)19(4)9-8-13-11-18-15-7-6-14(17)10-16(13,15)3/h5-7,11-12,18H,1,8-10H2,2-4H3. The lowest BCUT2D eigenvalue weighted by atomic mass is 9.75. The Labute approximate surface area is 115 Å². The van der Waals surface area contributed by atoms with Gasteiger partial charge in [0.2, 0.25) is 0 Å². The molecule has 104 valence electrons. The van der Waals surface area contributed by atoms with E-state index in [1.54, 1.807) is 6.08 Å². The maximum absolute atomic E-state index is 13.6. The minimum Gasteiger partial charge on any atom is -0.364 e. The van der Waals surface area contributed by atoms with Crippen molar-refractivity contribution in [3.8, 4) is 0 Å². The molecule has 0 saturated carbocycles. The molecule has 1 aliphatic heterocycles. The first-order valence-corrected chi connectivity index (χ1v) is 6.83. The van der Waals surface area contributed by atoms with Crippen LogP contribution in [-0.4, -0.2) is 24.5 Å². The molecule has 0 amide bonds. The third kappa shape index (κ3) is 2.66. The van der Waals surface area contributed by atoms with Gasteiger partial charge in [-0.2, -0.15) is 0 Å². The summed E-state index contributed by atoms with van der Waals surface area (Å²) >= 11 is 0. The van der Waals surface area contributed by atoms with E-state index in [0.717, 1.165) is 18.7 Å². The van der Waals surface area contributed by atoms with Crippen molar-refractivity contribution in [3.05, 3.63) is 48.1 Å². The Hall–Kier alpha value is -1.35. The van der Waals surface area contributed by atoms with Crippen LogP contribution >= 0.6 is 0 Å². The first-order valence-electron chi connectivity index (χ1n) is 6.83. The van der Waals surface area contributed by atoms with Gasteiger partial charge in [0.1, 0.15) is 5.83 Å². The predicted octanol–water partition coefficient (Wildman–Crippen LogP) is 3.52. The molecular formula is C16H23FN2. The quantitative estimate of drug-likeness (QED) is 0.763. The normalized spacial score (nSPS) is 27.1. The van der Waals surface area contributed by atoms with Gasteiger partial charge in [0.25, 0.3) is 0 Å². The van der Waals surface area contributed by atoms with Crippen LogP contribution in [-0.2, 0) is 0 Å². The molecule has 2 atom stereocenters. The summed E-state index contributed by atoms with van der Waals surface area (Å²) in [7, 11) is 2.09. The van der Waals surface area contributed by atoms with Crippen LogP contribution in [0.1, 0.15) is 26.7 Å². The zero-order chi connectivity index (χ0) is 14.0. The molecule has 3 heteroatoms. The van der Waals surface area contributed by atoms with E-state index >= 15 is 0 Å². The van der Waals surface area contributed by atoms with E-state index in [2.05, 4.69) is 37.7 Å². The van der Waals surface area contributed by atoms with Gasteiger partial charge in [-0.3, -0.25) is 4.90 Å². The van der Waals surface area contributed by atoms with Crippen LogP contribution in [0, 0.1) is 5.41 Å². The lowest BCUT2D eigenvalue weighted by Crippen LogP contribution is -2.30. The van der Waals surface area contributed by atoms with Gasteiger partial charge in [0.05, 0.1) is 0 Å². The van der Waals surface area contributed by atoms with Crippen LogP contribution in [0.3, 0.4) is 0 Å². The predicted molar refractivity (Wildman–Crippen MR) is 78.1 cm³/mol. The fourth-order valence-corrected chi connectivity index (χ4v) is 2.70. The maximum atomic E-state index is 13.6. The highest BCUT2D eigenvalue weighted by atomic mass is 19.1. The number of nitrogens with one attached hydrogen (secondary N) is 1. The van der Waals surface area contributed by atoms with Crippen molar-refractivity contribution in [3.63, 3.8) is 0 Å². The van der Waals surface area contributed by atoms with Gasteiger partial charge in [-0.15, -0.1) is 6.58 Å². The average Bonchev–Trinajstić information content (AvgIpc) is 2.70. The third-order valence-corrected chi connectivity index (χ3v) is 4.43. The molecule has 0 aromatic carbocycles. The molecule has 2 aliphatic rings. The van der Waals surface area contributed by atoms with E-state index in [0.29, 0.717) is 12.5 Å². The summed E-state index contributed by atoms with van der Waals surface area (Å²) in [5.41, 5.74) is 2.21. The van der Waals surface area contributed by atoms with Gasteiger partial charge in [-0.25, -0.2) is 4.39 Å². The minimum atomic E-state index is -0.183. The number of hydrogen-bond donors (Lipinski definition) is 1. The van der Waals surface area contributed by atoms with Gasteiger partial charge in [0.15, 0.2) is 0 Å². The molecule has 1 aliphatic carbocycles. The Bertz CT molecular complexity index is 461. The molecule has 0 radical (unpaired) electrons. The Morgan fingerprint density at radius 2 is 2.32 bits per heavy atom. The zero-order valence-electron chi connectivity index (χ0n) is 12.0. The lowest BCUT2D eigenvalue weighted by molar-refractivity contribution is 0.291. The zero-order valence-corrected chi connectivity index (χ0v) is 12.0. The molecule has 1 heterocycles. The van der Waals surface area contributed by atoms with Crippen LogP contribution in [0.15, 0.2) is 48.1 Å². The third-order valence-electron chi connectivity index (χ3n) is 4.43. The van der Waals surface area contributed by atoms with Crippen molar-refractivity contribution in [1.29, 1.82) is 0 Å². The van der Waals surface area contributed by atoms with Crippen molar-refractivity contribution in [2.75, 3.05) is 13.6 Å². The summed E-state index contributed by atoms with van der Waals surface area (Å²) in [6, 6.07) is 0.362. The molecule has 1 N–H and O–H groups in total. The van der Waals surface area contributed by atoms with E-state index in [4.69, 9.17) is 0 Å². The number of nitrogens with zero attached hydrogens (tertiary/aromatic N) is 1. The Morgan fingerprint density at radius 1 is 1.58 bits per heavy atom. The number of rotatable bonds is 5. The molecule has 0 spiro atoms. The molecular weight excluding hydrogens is 239 g/mol. The van der Waals surface area contributed by atoms with E-state index in [1.165, 1.54) is 5.57 Å². The molecule has 2 rings (SSSR count). The van der Waals surface area contributed by atoms with E-state index in [9.17, 15) is 4.39 Å². The topological polar surface area (TPSA) is 15.3 Å². The van der Waals surface area contributed by atoms with Gasteiger partial charge in [0, 0.05) is 36.3 Å². The lowest BCUT2D eigenvalue weighted by Gasteiger charge is -2.32. The molecule has 2 nitrogen and oxygen atoms in total. The molecule has 0 fully saturated rings. The largest absolute Gasteiger partial charge is 0.364 e. The highest BCUT2D eigenvalue weighted by Gasteiger charge is 2.39. The average molecular weight is 262 g/mol. The van der Waals surface area contributed by atoms with Crippen molar-refractivity contribution in [2.24, 2.45) is 5.41 Å². The highest BCUT2D eigenvalue weighted by Crippen LogP contribution is 2.47. The summed E-state index contributed by atoms with van der Waals surface area (Å²) in [5, 5.41) is 3.29. The molecule has 0 saturated heterocycles. The van der Waals surface area contributed by atoms with Crippen LogP contribution in [0.2, 0.25) is 0 Å². The number of hydrogen-bond acceptors (Lipinski definition) is 2. The van der Waals surface area contributed by atoms with Gasteiger partial charge in [-0.05, 0) is 45.0 Å². The number of halogens is 1. The van der Waals surface area contributed by atoms with Crippen molar-refractivity contribution >= 4 is 0 Å². The van der Waals surface area contributed by atoms with Crippen molar-refractivity contribution in [1.82, 2.24) is 10.2 Å². The Morgan fingerprint density at radius 3 is 3.00 bits per heavy atom.